The molecule has 2 heterocycles. The first-order chi connectivity index (χ1) is 15.4. The van der Waals surface area contributed by atoms with Gasteiger partial charge in [-0.1, -0.05) is 18.2 Å². The van der Waals surface area contributed by atoms with Gasteiger partial charge in [-0.2, -0.15) is 0 Å². The third-order valence-corrected chi connectivity index (χ3v) is 5.91. The first-order valence-corrected chi connectivity index (χ1v) is 11.1. The number of aromatic nitrogens is 1. The monoisotopic (exact) mass is 434 g/mol. The van der Waals surface area contributed by atoms with Gasteiger partial charge in [-0.25, -0.2) is 0 Å². The summed E-state index contributed by atoms with van der Waals surface area (Å²) in [7, 11) is 0. The molecule has 1 aromatic heterocycles. The van der Waals surface area contributed by atoms with E-state index in [1.807, 2.05) is 68.1 Å². The molecule has 0 unspecified atom stereocenters. The Morgan fingerprint density at radius 2 is 1.75 bits per heavy atom. The van der Waals surface area contributed by atoms with Crippen LogP contribution in [-0.4, -0.2) is 65.9 Å². The molecule has 0 bridgehead atoms. The van der Waals surface area contributed by atoms with Gasteiger partial charge in [0.25, 0.3) is 5.91 Å². The van der Waals surface area contributed by atoms with Gasteiger partial charge in [0.2, 0.25) is 5.91 Å². The van der Waals surface area contributed by atoms with Crippen LogP contribution < -0.4 is 10.1 Å². The summed E-state index contributed by atoms with van der Waals surface area (Å²) in [5.74, 6) is 0.746. The lowest BCUT2D eigenvalue weighted by Crippen LogP contribution is -2.50. The molecule has 1 aliphatic rings. The van der Waals surface area contributed by atoms with E-state index in [2.05, 4.69) is 15.2 Å². The third kappa shape index (κ3) is 4.78. The summed E-state index contributed by atoms with van der Waals surface area (Å²) in [5, 5.41) is 4.02. The fourth-order valence-corrected chi connectivity index (χ4v) is 4.15. The number of anilines is 1. The number of fused-ring (bicyclic) bond motifs is 1. The highest BCUT2D eigenvalue weighted by Gasteiger charge is 2.24. The third-order valence-electron chi connectivity index (χ3n) is 5.91. The van der Waals surface area contributed by atoms with E-state index < -0.39 is 0 Å². The van der Waals surface area contributed by atoms with Crippen molar-refractivity contribution in [2.75, 3.05) is 44.6 Å². The number of benzene rings is 2. The van der Waals surface area contributed by atoms with Crippen molar-refractivity contribution in [3.05, 3.63) is 59.3 Å². The van der Waals surface area contributed by atoms with Crippen LogP contribution in [-0.2, 0) is 4.79 Å². The summed E-state index contributed by atoms with van der Waals surface area (Å²) in [6, 6.07) is 13.7. The highest BCUT2D eigenvalue weighted by molar-refractivity contribution is 5.98. The number of ether oxygens (including phenoxy) is 1. The average molecular weight is 435 g/mol. The number of piperazine rings is 1. The quantitative estimate of drug-likeness (QED) is 0.622. The largest absolute Gasteiger partial charge is 0.494 e. The molecule has 2 amide bonds. The summed E-state index contributed by atoms with van der Waals surface area (Å²) < 4.78 is 5.54. The zero-order chi connectivity index (χ0) is 22.7. The second-order valence-electron chi connectivity index (χ2n) is 8.25. The number of para-hydroxylation sites is 1. The maximum Gasteiger partial charge on any atom is 0.270 e. The lowest BCUT2D eigenvalue weighted by molar-refractivity contribution is -0.117. The molecule has 2 aromatic carbocycles. The van der Waals surface area contributed by atoms with E-state index in [1.165, 1.54) is 0 Å². The van der Waals surface area contributed by atoms with E-state index in [9.17, 15) is 9.59 Å². The zero-order valence-electron chi connectivity index (χ0n) is 18.9. The number of H-pyrrole nitrogens is 1. The number of aromatic amines is 1. The molecule has 32 heavy (non-hydrogen) atoms. The van der Waals surface area contributed by atoms with E-state index >= 15 is 0 Å². The molecule has 7 heteroatoms. The van der Waals surface area contributed by atoms with Gasteiger partial charge in [0.1, 0.15) is 11.4 Å². The summed E-state index contributed by atoms with van der Waals surface area (Å²) in [4.78, 5) is 32.7. The van der Waals surface area contributed by atoms with Gasteiger partial charge in [0.15, 0.2) is 0 Å². The molecule has 7 nitrogen and oxygen atoms in total. The Labute approximate surface area is 188 Å². The standard InChI is InChI=1S/C25H30N4O3/c1-4-32-20-9-8-19-14-22(26-21(19)15-20)25(31)29-12-10-28(11-13-29)16-23(30)27-24-17(2)6-5-7-18(24)3/h5-9,14-15,26H,4,10-13,16H2,1-3H3,(H,27,30). The number of aryl methyl sites for hydroxylation is 2. The molecule has 168 valence electrons. The van der Waals surface area contributed by atoms with Gasteiger partial charge in [-0.05, 0) is 50.1 Å². The van der Waals surface area contributed by atoms with Gasteiger partial charge in [0.05, 0.1) is 13.2 Å². The number of carbonyl (C=O) groups is 2. The molecule has 4 rings (SSSR count). The number of hydrogen-bond acceptors (Lipinski definition) is 4. The van der Waals surface area contributed by atoms with Gasteiger partial charge >= 0.3 is 0 Å². The van der Waals surface area contributed by atoms with Crippen molar-refractivity contribution in [3.63, 3.8) is 0 Å². The van der Waals surface area contributed by atoms with Crippen molar-refractivity contribution in [2.24, 2.45) is 0 Å². The Morgan fingerprint density at radius 3 is 2.44 bits per heavy atom. The summed E-state index contributed by atoms with van der Waals surface area (Å²) in [6.45, 7) is 9.38. The predicted octanol–water partition coefficient (Wildman–Crippen LogP) is 3.58. The van der Waals surface area contributed by atoms with Crippen molar-refractivity contribution < 1.29 is 14.3 Å². The molecule has 1 aliphatic heterocycles. The van der Waals surface area contributed by atoms with Crippen LogP contribution in [0.3, 0.4) is 0 Å². The highest BCUT2D eigenvalue weighted by atomic mass is 16.5. The fourth-order valence-electron chi connectivity index (χ4n) is 4.15. The van der Waals surface area contributed by atoms with Crippen LogP contribution in [0.4, 0.5) is 5.69 Å². The number of carbonyl (C=O) groups excluding carboxylic acids is 2. The van der Waals surface area contributed by atoms with Gasteiger partial charge < -0.3 is 19.9 Å². The Bertz CT molecular complexity index is 1110. The molecule has 0 spiro atoms. The molecule has 0 aliphatic carbocycles. The lowest BCUT2D eigenvalue weighted by Gasteiger charge is -2.34. The smallest absolute Gasteiger partial charge is 0.270 e. The molecule has 2 N–H and O–H groups in total. The molecular formula is C25H30N4O3. The van der Waals surface area contributed by atoms with Crippen LogP contribution >= 0.6 is 0 Å². The second kappa shape index (κ2) is 9.44. The first-order valence-electron chi connectivity index (χ1n) is 11.1. The van der Waals surface area contributed by atoms with Crippen molar-refractivity contribution in [1.29, 1.82) is 0 Å². The summed E-state index contributed by atoms with van der Waals surface area (Å²) >= 11 is 0. The number of nitrogens with zero attached hydrogens (tertiary/aromatic N) is 2. The van der Waals surface area contributed by atoms with Gasteiger partial charge in [-0.3, -0.25) is 14.5 Å². The van der Waals surface area contributed by atoms with Crippen molar-refractivity contribution >= 4 is 28.4 Å². The molecule has 0 radical (unpaired) electrons. The van der Waals surface area contributed by atoms with Gasteiger partial charge in [0, 0.05) is 48.8 Å². The zero-order valence-corrected chi connectivity index (χ0v) is 18.9. The highest BCUT2D eigenvalue weighted by Crippen LogP contribution is 2.23. The maximum atomic E-state index is 13.0. The summed E-state index contributed by atoms with van der Waals surface area (Å²) in [5.41, 5.74) is 4.47. The number of amides is 2. The van der Waals surface area contributed by atoms with E-state index in [1.54, 1.807) is 0 Å². The maximum absolute atomic E-state index is 13.0. The van der Waals surface area contributed by atoms with E-state index in [0.717, 1.165) is 33.5 Å². The van der Waals surface area contributed by atoms with Crippen molar-refractivity contribution in [3.8, 4) is 5.75 Å². The SMILES string of the molecule is CCOc1ccc2cc(C(=O)N3CCN(CC(=O)Nc4c(C)cccc4C)CC3)[nH]c2c1. The molecule has 0 atom stereocenters. The molecular weight excluding hydrogens is 404 g/mol. The van der Waals surface area contributed by atoms with Gasteiger partial charge in [-0.15, -0.1) is 0 Å². The predicted molar refractivity (Wildman–Crippen MR) is 126 cm³/mol. The number of nitrogens with one attached hydrogen (secondary N) is 2. The Morgan fingerprint density at radius 1 is 1.03 bits per heavy atom. The average Bonchev–Trinajstić information content (AvgIpc) is 3.20. The van der Waals surface area contributed by atoms with Crippen molar-refractivity contribution in [2.45, 2.75) is 20.8 Å². The van der Waals surface area contributed by atoms with Crippen LogP contribution in [0.5, 0.6) is 5.75 Å². The minimum absolute atomic E-state index is 0.0150. The minimum atomic E-state index is -0.0251. The Hall–Kier alpha value is -3.32. The minimum Gasteiger partial charge on any atom is -0.494 e. The lowest BCUT2D eigenvalue weighted by atomic mass is 10.1. The van der Waals surface area contributed by atoms with Crippen LogP contribution in [0, 0.1) is 13.8 Å². The van der Waals surface area contributed by atoms with Crippen LogP contribution in [0.2, 0.25) is 0 Å². The van der Waals surface area contributed by atoms with E-state index in [0.29, 0.717) is 45.0 Å². The Balaban J connectivity index is 1.32. The molecule has 1 saturated heterocycles. The van der Waals surface area contributed by atoms with E-state index in [-0.39, 0.29) is 11.8 Å². The van der Waals surface area contributed by atoms with Crippen LogP contribution in [0.25, 0.3) is 10.9 Å². The second-order valence-corrected chi connectivity index (χ2v) is 8.25. The number of rotatable bonds is 6. The molecule has 1 fully saturated rings. The molecule has 0 saturated carbocycles. The van der Waals surface area contributed by atoms with Crippen LogP contribution in [0.15, 0.2) is 42.5 Å². The first kappa shape index (κ1) is 21.9. The van der Waals surface area contributed by atoms with Crippen LogP contribution in [0.1, 0.15) is 28.5 Å². The van der Waals surface area contributed by atoms with E-state index in [4.69, 9.17) is 4.74 Å². The normalized spacial score (nSPS) is 14.5. The summed E-state index contributed by atoms with van der Waals surface area (Å²) in [6.07, 6.45) is 0. The van der Waals surface area contributed by atoms with Crippen molar-refractivity contribution in [1.82, 2.24) is 14.8 Å². The Kier molecular flexibility index (Phi) is 6.46. The molecule has 3 aromatic rings. The number of hydrogen-bond donors (Lipinski definition) is 2. The topological polar surface area (TPSA) is 77.7 Å². The fraction of sp³-hybridized carbons (Fsp3) is 0.360.